The van der Waals surface area contributed by atoms with E-state index in [1.807, 2.05) is 0 Å². The minimum atomic E-state index is -3.76. The van der Waals surface area contributed by atoms with Crippen LogP contribution < -0.4 is 21.3 Å². The molecule has 37 heavy (non-hydrogen) atoms. The Hall–Kier alpha value is -4.19. The van der Waals surface area contributed by atoms with Crippen LogP contribution in [0.4, 0.5) is 22.7 Å². The molecule has 0 amide bonds. The van der Waals surface area contributed by atoms with Crippen molar-refractivity contribution >= 4 is 67.2 Å². The number of rotatable bonds is 6. The summed E-state index contributed by atoms with van der Waals surface area (Å²) in [7, 11) is -3.76. The Morgan fingerprint density at radius 2 is 0.892 bits per heavy atom. The number of aromatic hydroxyl groups is 2. The van der Waals surface area contributed by atoms with Gasteiger partial charge in [0.1, 0.15) is 11.5 Å². The summed E-state index contributed by atoms with van der Waals surface area (Å²) in [6.45, 7) is 0. The third-order valence-electron chi connectivity index (χ3n) is 5.15. The molecule has 0 radical (unpaired) electrons. The smallest absolute Gasteiger partial charge is 0.206 e. The Morgan fingerprint density at radius 3 is 1.24 bits per heavy atom. The first kappa shape index (κ1) is 25.9. The molecule has 0 unspecified atom stereocenters. The quantitative estimate of drug-likeness (QED) is 0.135. The zero-order valence-electron chi connectivity index (χ0n) is 19.2. The van der Waals surface area contributed by atoms with Crippen LogP contribution in [-0.4, -0.2) is 28.9 Å². The predicted octanol–water partition coefficient (Wildman–Crippen LogP) is 5.55. The van der Waals surface area contributed by atoms with Crippen LogP contribution in [0, 0.1) is 0 Å². The van der Waals surface area contributed by atoms with Crippen LogP contribution >= 0.6 is 24.4 Å². The first-order chi connectivity index (χ1) is 17.7. The molecule has 0 spiro atoms. The lowest BCUT2D eigenvalue weighted by Gasteiger charge is -2.13. The number of phenolic OH excluding ortho intramolecular Hbond substituents is 2. The average Bonchev–Trinajstić information content (AvgIpc) is 2.87. The minimum absolute atomic E-state index is 0.0582. The maximum atomic E-state index is 13.1. The molecule has 6 N–H and O–H groups in total. The van der Waals surface area contributed by atoms with Crippen LogP contribution in [0.15, 0.2) is 107 Å². The Labute approximate surface area is 224 Å². The fraction of sp³-hybridized carbons (Fsp3) is 0. The molecular weight excluding hydrogens is 529 g/mol. The molecule has 11 heteroatoms. The van der Waals surface area contributed by atoms with Crippen LogP contribution in [0.25, 0.3) is 0 Å². The molecule has 0 aliphatic rings. The fourth-order valence-electron chi connectivity index (χ4n) is 3.30. The molecule has 0 heterocycles. The molecule has 0 aromatic heterocycles. The van der Waals surface area contributed by atoms with E-state index in [-0.39, 0.29) is 31.5 Å². The van der Waals surface area contributed by atoms with Crippen molar-refractivity contribution in [2.24, 2.45) is 0 Å². The van der Waals surface area contributed by atoms with Gasteiger partial charge in [-0.2, -0.15) is 0 Å². The first-order valence-electron chi connectivity index (χ1n) is 10.9. The Kier molecular flexibility index (Phi) is 7.87. The van der Waals surface area contributed by atoms with E-state index in [0.717, 1.165) is 0 Å². The average molecular weight is 551 g/mol. The summed E-state index contributed by atoms with van der Waals surface area (Å²) < 4.78 is 26.2. The summed E-state index contributed by atoms with van der Waals surface area (Å²) in [6.07, 6.45) is 0. The molecule has 0 atom stereocenters. The van der Waals surface area contributed by atoms with Crippen LogP contribution in [0.3, 0.4) is 0 Å². The maximum Gasteiger partial charge on any atom is 0.206 e. The van der Waals surface area contributed by atoms with E-state index in [2.05, 4.69) is 21.3 Å². The maximum absolute atomic E-state index is 13.1. The van der Waals surface area contributed by atoms with E-state index in [1.54, 1.807) is 60.7 Å². The van der Waals surface area contributed by atoms with Crippen molar-refractivity contribution in [2.75, 3.05) is 21.3 Å². The van der Waals surface area contributed by atoms with E-state index in [9.17, 15) is 18.6 Å². The van der Waals surface area contributed by atoms with Crippen molar-refractivity contribution in [3.63, 3.8) is 0 Å². The van der Waals surface area contributed by atoms with Crippen molar-refractivity contribution in [3.05, 3.63) is 97.1 Å². The van der Waals surface area contributed by atoms with Crippen LogP contribution in [-0.2, 0) is 9.84 Å². The van der Waals surface area contributed by atoms with Crippen LogP contribution in [0.2, 0.25) is 0 Å². The van der Waals surface area contributed by atoms with E-state index in [0.29, 0.717) is 22.7 Å². The lowest BCUT2D eigenvalue weighted by atomic mass is 10.3. The van der Waals surface area contributed by atoms with Gasteiger partial charge in [0, 0.05) is 11.4 Å². The van der Waals surface area contributed by atoms with Gasteiger partial charge < -0.3 is 31.5 Å². The molecular formula is C26H22N4O4S3. The second-order valence-electron chi connectivity index (χ2n) is 7.74. The second-order valence-corrected chi connectivity index (χ2v) is 10.5. The van der Waals surface area contributed by atoms with E-state index in [4.69, 9.17) is 24.4 Å². The van der Waals surface area contributed by atoms with Gasteiger partial charge in [-0.05, 0) is 97.2 Å². The fourth-order valence-corrected chi connectivity index (χ4v) is 5.02. The van der Waals surface area contributed by atoms with E-state index in [1.165, 1.54) is 36.4 Å². The summed E-state index contributed by atoms with van der Waals surface area (Å²) in [5.74, 6) is 0.116. The van der Waals surface area contributed by atoms with Crippen molar-refractivity contribution in [1.82, 2.24) is 0 Å². The predicted molar refractivity (Wildman–Crippen MR) is 154 cm³/mol. The Bertz CT molecular complexity index is 1430. The molecule has 0 aliphatic carbocycles. The number of hydrogen-bond donors (Lipinski definition) is 6. The molecule has 188 valence electrons. The highest BCUT2D eigenvalue weighted by atomic mass is 32.2. The molecule has 4 aromatic carbocycles. The largest absolute Gasteiger partial charge is 0.506 e. The standard InChI is InChI=1S/C26H22N4O4S3/c31-23-7-3-1-5-21(23)29-25(35)27-17-9-13-19(14-10-17)37(33,34)20-15-11-18(12-16-20)28-26(36)30-22-6-2-4-8-24(22)32/h1-16,31-32H,(H2,27,29,35)(H2,28,30,36). The van der Waals surface area contributed by atoms with Gasteiger partial charge in [-0.15, -0.1) is 0 Å². The molecule has 0 aliphatic heterocycles. The number of benzene rings is 4. The molecule has 0 saturated carbocycles. The Morgan fingerprint density at radius 1 is 0.541 bits per heavy atom. The van der Waals surface area contributed by atoms with Crippen molar-refractivity contribution in [1.29, 1.82) is 0 Å². The van der Waals surface area contributed by atoms with Gasteiger partial charge in [-0.3, -0.25) is 0 Å². The summed E-state index contributed by atoms with van der Waals surface area (Å²) in [6, 6.07) is 25.7. The summed E-state index contributed by atoms with van der Waals surface area (Å²) in [5.41, 5.74) is 2.06. The van der Waals surface area contributed by atoms with Gasteiger partial charge in [-0.25, -0.2) is 8.42 Å². The third-order valence-corrected chi connectivity index (χ3v) is 7.34. The number of hydrogen-bond acceptors (Lipinski definition) is 6. The lowest BCUT2D eigenvalue weighted by Crippen LogP contribution is -2.19. The monoisotopic (exact) mass is 550 g/mol. The van der Waals surface area contributed by atoms with Gasteiger partial charge in [0.2, 0.25) is 9.84 Å². The van der Waals surface area contributed by atoms with Gasteiger partial charge >= 0.3 is 0 Å². The van der Waals surface area contributed by atoms with E-state index >= 15 is 0 Å². The number of para-hydroxylation sites is 4. The van der Waals surface area contributed by atoms with Crippen LogP contribution in [0.5, 0.6) is 11.5 Å². The number of thiocarbonyl (C=S) groups is 2. The van der Waals surface area contributed by atoms with E-state index < -0.39 is 9.84 Å². The zero-order chi connectivity index (χ0) is 26.4. The second kappa shape index (κ2) is 11.2. The highest BCUT2D eigenvalue weighted by molar-refractivity contribution is 7.91. The zero-order valence-corrected chi connectivity index (χ0v) is 21.6. The van der Waals surface area contributed by atoms with Gasteiger partial charge in [-0.1, -0.05) is 24.3 Å². The normalized spacial score (nSPS) is 10.8. The first-order valence-corrected chi connectivity index (χ1v) is 13.2. The molecule has 0 saturated heterocycles. The third kappa shape index (κ3) is 6.53. The highest BCUT2D eigenvalue weighted by Gasteiger charge is 2.18. The number of nitrogens with one attached hydrogen (secondary N) is 4. The molecule has 4 rings (SSSR count). The highest BCUT2D eigenvalue weighted by Crippen LogP contribution is 2.26. The lowest BCUT2D eigenvalue weighted by molar-refractivity contribution is 0.477. The number of sulfone groups is 1. The molecule has 4 aromatic rings. The molecule has 0 bridgehead atoms. The summed E-state index contributed by atoms with van der Waals surface area (Å²) in [4.78, 5) is 0.241. The Balaban J connectivity index is 1.38. The SMILES string of the molecule is O=S(=O)(c1ccc(NC(=S)Nc2ccccc2O)cc1)c1ccc(NC(=S)Nc2ccccc2O)cc1. The van der Waals surface area contributed by atoms with Gasteiger partial charge in [0.15, 0.2) is 10.2 Å². The van der Waals surface area contributed by atoms with Crippen LogP contribution in [0.1, 0.15) is 0 Å². The van der Waals surface area contributed by atoms with Crippen molar-refractivity contribution in [3.8, 4) is 11.5 Å². The van der Waals surface area contributed by atoms with Gasteiger partial charge in [0.05, 0.1) is 21.2 Å². The molecule has 0 fully saturated rings. The minimum Gasteiger partial charge on any atom is -0.506 e. The summed E-state index contributed by atoms with van der Waals surface area (Å²) in [5, 5.41) is 31.9. The summed E-state index contributed by atoms with van der Waals surface area (Å²) >= 11 is 10.5. The van der Waals surface area contributed by atoms with Crippen molar-refractivity contribution < 1.29 is 18.6 Å². The topological polar surface area (TPSA) is 123 Å². The van der Waals surface area contributed by atoms with Crippen molar-refractivity contribution in [2.45, 2.75) is 9.79 Å². The number of anilines is 4. The molecule has 8 nitrogen and oxygen atoms in total. The van der Waals surface area contributed by atoms with Gasteiger partial charge in [0.25, 0.3) is 0 Å². The number of phenols is 2.